The maximum Gasteiger partial charge on any atom is 0.248 e. The van der Waals surface area contributed by atoms with Crippen LogP contribution in [0.5, 0.6) is 0 Å². The van der Waals surface area contributed by atoms with Gasteiger partial charge in [-0.05, 0) is 18.8 Å². The molecule has 0 atom stereocenters. The lowest BCUT2D eigenvalue weighted by atomic mass is 9.96. The first-order chi connectivity index (χ1) is 9.53. The Hall–Kier alpha value is -1.10. The van der Waals surface area contributed by atoms with Gasteiger partial charge in [-0.3, -0.25) is 9.59 Å². The molecular weight excluding hydrogens is 256 g/mol. The van der Waals surface area contributed by atoms with E-state index in [4.69, 9.17) is 4.74 Å². The lowest BCUT2D eigenvalue weighted by Gasteiger charge is -2.31. The number of hydrogen-bond donors (Lipinski definition) is 1. The van der Waals surface area contributed by atoms with Crippen molar-refractivity contribution in [1.29, 1.82) is 0 Å². The van der Waals surface area contributed by atoms with Crippen molar-refractivity contribution in [3.8, 4) is 0 Å². The minimum Gasteiger partial charge on any atom is -0.379 e. The van der Waals surface area contributed by atoms with Gasteiger partial charge in [-0.2, -0.15) is 0 Å². The molecule has 114 valence electrons. The van der Waals surface area contributed by atoms with E-state index in [-0.39, 0.29) is 11.8 Å². The smallest absolute Gasteiger partial charge is 0.248 e. The van der Waals surface area contributed by atoms with Crippen LogP contribution in [-0.2, 0) is 14.3 Å². The van der Waals surface area contributed by atoms with Crippen LogP contribution in [0.1, 0.15) is 46.0 Å². The lowest BCUT2D eigenvalue weighted by Crippen LogP contribution is -2.55. The summed E-state index contributed by atoms with van der Waals surface area (Å²) in [5.41, 5.74) is -0.619. The lowest BCUT2D eigenvalue weighted by molar-refractivity contribution is -0.139. The number of carbonyl (C=O) groups is 2. The second kappa shape index (κ2) is 6.57. The van der Waals surface area contributed by atoms with Crippen molar-refractivity contribution in [2.24, 2.45) is 5.92 Å². The van der Waals surface area contributed by atoms with E-state index in [2.05, 4.69) is 19.2 Å². The van der Waals surface area contributed by atoms with Crippen molar-refractivity contribution in [1.82, 2.24) is 10.2 Å². The number of rotatable bonds is 5. The summed E-state index contributed by atoms with van der Waals surface area (Å²) in [5, 5.41) is 2.97. The Bertz CT molecular complexity index is 362. The highest BCUT2D eigenvalue weighted by Gasteiger charge is 2.46. The molecule has 2 rings (SSSR count). The van der Waals surface area contributed by atoms with Gasteiger partial charge < -0.3 is 15.0 Å². The van der Waals surface area contributed by atoms with Gasteiger partial charge in [-0.1, -0.05) is 26.7 Å². The number of hydrogen-bond acceptors (Lipinski definition) is 3. The fourth-order valence-electron chi connectivity index (χ4n) is 3.05. The van der Waals surface area contributed by atoms with E-state index in [1.807, 2.05) is 4.90 Å². The third kappa shape index (κ3) is 3.51. The van der Waals surface area contributed by atoms with Gasteiger partial charge in [-0.15, -0.1) is 0 Å². The van der Waals surface area contributed by atoms with Gasteiger partial charge in [0.1, 0.15) is 5.54 Å². The number of nitrogens with one attached hydrogen (secondary N) is 1. The third-order valence-electron chi connectivity index (χ3n) is 4.10. The summed E-state index contributed by atoms with van der Waals surface area (Å²) in [6.45, 7) is 6.57. The first-order valence-corrected chi connectivity index (χ1v) is 7.72. The molecular formula is C15H26N2O3. The van der Waals surface area contributed by atoms with E-state index in [0.717, 1.165) is 25.7 Å². The summed E-state index contributed by atoms with van der Waals surface area (Å²) in [4.78, 5) is 26.3. The number of amides is 2. The van der Waals surface area contributed by atoms with E-state index in [0.29, 0.717) is 38.6 Å². The first-order valence-electron chi connectivity index (χ1n) is 7.72. The van der Waals surface area contributed by atoms with Crippen LogP contribution in [0.2, 0.25) is 0 Å². The second-order valence-corrected chi connectivity index (χ2v) is 6.35. The maximum atomic E-state index is 12.7. The van der Waals surface area contributed by atoms with E-state index in [9.17, 15) is 9.59 Å². The van der Waals surface area contributed by atoms with Gasteiger partial charge >= 0.3 is 0 Å². The monoisotopic (exact) mass is 282 g/mol. The average molecular weight is 282 g/mol. The zero-order valence-corrected chi connectivity index (χ0v) is 12.6. The van der Waals surface area contributed by atoms with Crippen LogP contribution in [0.4, 0.5) is 0 Å². The van der Waals surface area contributed by atoms with Gasteiger partial charge in [-0.25, -0.2) is 0 Å². The SMILES string of the molecule is CC(C)COCCN1CCC(=O)NC2(CCCC2)C1=O. The molecule has 2 amide bonds. The predicted molar refractivity (Wildman–Crippen MR) is 76.2 cm³/mol. The number of ether oxygens (including phenoxy) is 1. The van der Waals surface area contributed by atoms with Crippen LogP contribution in [-0.4, -0.2) is 48.6 Å². The highest BCUT2D eigenvalue weighted by molar-refractivity contribution is 5.93. The van der Waals surface area contributed by atoms with E-state index >= 15 is 0 Å². The van der Waals surface area contributed by atoms with Crippen molar-refractivity contribution in [3.05, 3.63) is 0 Å². The molecule has 0 aromatic rings. The molecule has 1 aliphatic heterocycles. The van der Waals surface area contributed by atoms with Crippen molar-refractivity contribution in [3.63, 3.8) is 0 Å². The largest absolute Gasteiger partial charge is 0.379 e. The Morgan fingerprint density at radius 1 is 1.30 bits per heavy atom. The van der Waals surface area contributed by atoms with Gasteiger partial charge in [0.25, 0.3) is 0 Å². The molecule has 5 heteroatoms. The molecule has 0 aromatic carbocycles. The molecule has 1 spiro atoms. The van der Waals surface area contributed by atoms with E-state index in [1.165, 1.54) is 0 Å². The second-order valence-electron chi connectivity index (χ2n) is 6.35. The molecule has 0 unspecified atom stereocenters. The van der Waals surface area contributed by atoms with Crippen LogP contribution in [0, 0.1) is 5.92 Å². The zero-order chi connectivity index (χ0) is 14.6. The molecule has 0 bridgehead atoms. The van der Waals surface area contributed by atoms with Crippen LogP contribution in [0.15, 0.2) is 0 Å². The molecule has 0 radical (unpaired) electrons. The highest BCUT2D eigenvalue weighted by Crippen LogP contribution is 2.32. The zero-order valence-electron chi connectivity index (χ0n) is 12.6. The van der Waals surface area contributed by atoms with Crippen LogP contribution < -0.4 is 5.32 Å². The van der Waals surface area contributed by atoms with Gasteiger partial charge in [0.15, 0.2) is 0 Å². The van der Waals surface area contributed by atoms with Gasteiger partial charge in [0.2, 0.25) is 11.8 Å². The van der Waals surface area contributed by atoms with Crippen molar-refractivity contribution < 1.29 is 14.3 Å². The minimum atomic E-state index is -0.619. The van der Waals surface area contributed by atoms with Crippen LogP contribution in [0.3, 0.4) is 0 Å². The number of nitrogens with zero attached hydrogens (tertiary/aromatic N) is 1. The Labute approximate surface area is 121 Å². The molecule has 0 aromatic heterocycles. The molecule has 1 heterocycles. The van der Waals surface area contributed by atoms with E-state index < -0.39 is 5.54 Å². The molecule has 1 saturated heterocycles. The summed E-state index contributed by atoms with van der Waals surface area (Å²) >= 11 is 0. The van der Waals surface area contributed by atoms with Crippen LogP contribution >= 0.6 is 0 Å². The minimum absolute atomic E-state index is 0.00542. The van der Waals surface area contributed by atoms with Gasteiger partial charge in [0.05, 0.1) is 6.61 Å². The number of carbonyl (C=O) groups excluding carboxylic acids is 2. The normalized spacial score (nSPS) is 22.4. The maximum absolute atomic E-state index is 12.7. The summed E-state index contributed by atoms with van der Waals surface area (Å²) < 4.78 is 5.57. The molecule has 2 fully saturated rings. The summed E-state index contributed by atoms with van der Waals surface area (Å²) in [6.07, 6.45) is 3.99. The molecule has 1 saturated carbocycles. The molecule has 1 aliphatic carbocycles. The van der Waals surface area contributed by atoms with Gasteiger partial charge in [0, 0.05) is 26.1 Å². The van der Waals surface area contributed by atoms with Crippen molar-refractivity contribution in [2.45, 2.75) is 51.5 Å². The van der Waals surface area contributed by atoms with E-state index in [1.54, 1.807) is 0 Å². The van der Waals surface area contributed by atoms with Crippen molar-refractivity contribution in [2.75, 3.05) is 26.3 Å². The standard InChI is InChI=1S/C15H26N2O3/c1-12(2)11-20-10-9-17-8-5-13(18)16-15(14(17)19)6-3-4-7-15/h12H,3-11H2,1-2H3,(H,16,18). The highest BCUT2D eigenvalue weighted by atomic mass is 16.5. The summed E-state index contributed by atoms with van der Waals surface area (Å²) in [7, 11) is 0. The molecule has 2 aliphatic rings. The summed E-state index contributed by atoms with van der Waals surface area (Å²) in [5.74, 6) is 0.596. The molecule has 1 N–H and O–H groups in total. The quantitative estimate of drug-likeness (QED) is 0.774. The first kappa shape index (κ1) is 15.3. The fourth-order valence-corrected chi connectivity index (χ4v) is 3.05. The predicted octanol–water partition coefficient (Wildman–Crippen LogP) is 1.32. The van der Waals surface area contributed by atoms with Crippen molar-refractivity contribution >= 4 is 11.8 Å². The topological polar surface area (TPSA) is 58.6 Å². The molecule has 5 nitrogen and oxygen atoms in total. The Kier molecular flexibility index (Phi) is 5.02. The fraction of sp³-hybridized carbons (Fsp3) is 0.867. The molecule has 20 heavy (non-hydrogen) atoms. The Morgan fingerprint density at radius 3 is 2.65 bits per heavy atom. The Balaban J connectivity index is 1.94. The van der Waals surface area contributed by atoms with Crippen LogP contribution in [0.25, 0.3) is 0 Å². The Morgan fingerprint density at radius 2 is 2.00 bits per heavy atom. The summed E-state index contributed by atoms with van der Waals surface area (Å²) in [6, 6.07) is 0. The third-order valence-corrected chi connectivity index (χ3v) is 4.10. The average Bonchev–Trinajstić information content (AvgIpc) is 2.82.